The molecule has 0 unspecified atom stereocenters. The first-order valence-electron chi connectivity index (χ1n) is 8.58. The summed E-state index contributed by atoms with van der Waals surface area (Å²) in [6.07, 6.45) is 3.58. The zero-order valence-corrected chi connectivity index (χ0v) is 17.2. The zero-order valence-electron chi connectivity index (χ0n) is 16.4. The number of hydrogen-bond donors (Lipinski definition) is 2. The Morgan fingerprint density at radius 3 is 2.56 bits per heavy atom. The van der Waals surface area contributed by atoms with Crippen LogP contribution in [0, 0.1) is 0 Å². The van der Waals surface area contributed by atoms with Crippen molar-refractivity contribution < 1.29 is 26.9 Å². The number of carbonyl (C=O) groups excluding carboxylic acids is 1. The fraction of sp³-hybridized carbons (Fsp3) is 0.688. The minimum atomic E-state index is -3.53. The summed E-state index contributed by atoms with van der Waals surface area (Å²) in [7, 11) is -3.53. The molecule has 1 aromatic rings. The summed E-state index contributed by atoms with van der Waals surface area (Å²) in [4.78, 5) is 20.1. The molecule has 154 valence electrons. The van der Waals surface area contributed by atoms with Gasteiger partial charge in [0.25, 0.3) is 10.1 Å². The fourth-order valence-corrected chi connectivity index (χ4v) is 2.15. The second-order valence-electron chi connectivity index (χ2n) is 6.69. The number of carbonyl (C=O) groups is 1. The number of ether oxygens (including phenoxy) is 2. The van der Waals surface area contributed by atoms with Crippen molar-refractivity contribution in [2.45, 2.75) is 46.1 Å². The summed E-state index contributed by atoms with van der Waals surface area (Å²) in [5.41, 5.74) is -0.644. The molecular formula is C16H28N4O6S. The molecule has 0 bridgehead atoms. The van der Waals surface area contributed by atoms with Gasteiger partial charge in [0, 0.05) is 6.54 Å². The molecule has 1 aromatic heterocycles. The summed E-state index contributed by atoms with van der Waals surface area (Å²) >= 11 is 0. The molecule has 2 N–H and O–H groups in total. The van der Waals surface area contributed by atoms with Crippen LogP contribution < -0.4 is 15.4 Å². The van der Waals surface area contributed by atoms with Crippen molar-refractivity contribution in [3.8, 4) is 5.75 Å². The van der Waals surface area contributed by atoms with E-state index < -0.39 is 21.8 Å². The number of hydrogen-bond acceptors (Lipinski definition) is 9. The highest BCUT2D eigenvalue weighted by molar-refractivity contribution is 7.85. The minimum Gasteiger partial charge on any atom is -0.486 e. The molecule has 1 amide bonds. The molecule has 0 aliphatic rings. The number of unbranched alkanes of at least 4 members (excludes halogenated alkanes) is 1. The van der Waals surface area contributed by atoms with E-state index in [2.05, 4.69) is 31.7 Å². The van der Waals surface area contributed by atoms with Gasteiger partial charge in [-0.3, -0.25) is 9.50 Å². The molecule has 0 atom stereocenters. The monoisotopic (exact) mass is 404 g/mol. The third-order valence-corrected chi connectivity index (χ3v) is 3.42. The van der Waals surface area contributed by atoms with Crippen molar-refractivity contribution in [1.82, 2.24) is 9.97 Å². The van der Waals surface area contributed by atoms with Crippen LogP contribution in [0.1, 0.15) is 40.5 Å². The fourth-order valence-electron chi connectivity index (χ4n) is 1.78. The average Bonchev–Trinajstić information content (AvgIpc) is 2.50. The average molecular weight is 404 g/mol. The predicted octanol–water partition coefficient (Wildman–Crippen LogP) is 2.39. The molecule has 0 spiro atoms. The van der Waals surface area contributed by atoms with Crippen LogP contribution in [0.15, 0.2) is 6.20 Å². The van der Waals surface area contributed by atoms with Crippen molar-refractivity contribution in [3.05, 3.63) is 6.20 Å². The van der Waals surface area contributed by atoms with Crippen LogP contribution in [0.5, 0.6) is 5.75 Å². The number of aromatic nitrogens is 2. The lowest BCUT2D eigenvalue weighted by Gasteiger charge is -2.19. The summed E-state index contributed by atoms with van der Waals surface area (Å²) in [5.74, 6) is 0.754. The van der Waals surface area contributed by atoms with E-state index in [4.69, 9.17) is 9.47 Å². The van der Waals surface area contributed by atoms with E-state index in [1.165, 1.54) is 6.20 Å². The summed E-state index contributed by atoms with van der Waals surface area (Å²) in [6, 6.07) is 0. The van der Waals surface area contributed by atoms with Crippen molar-refractivity contribution in [2.24, 2.45) is 0 Å². The maximum absolute atomic E-state index is 11.9. The standard InChI is InChI=1S/C16H28N4O6S/c1-6-7-8-17-13-12(24-9-10-25-27(5,22)23)11-18-14(19-13)20-15(21)26-16(2,3)4/h11H,6-10H2,1-5H3,(H2,17,18,19,20,21). The van der Waals surface area contributed by atoms with E-state index in [0.717, 1.165) is 19.1 Å². The Balaban J connectivity index is 2.78. The third-order valence-electron chi connectivity index (χ3n) is 2.83. The largest absolute Gasteiger partial charge is 0.486 e. The first-order valence-corrected chi connectivity index (χ1v) is 10.4. The number of nitrogens with zero attached hydrogens (tertiary/aromatic N) is 2. The topological polar surface area (TPSA) is 129 Å². The molecular weight excluding hydrogens is 376 g/mol. The maximum Gasteiger partial charge on any atom is 0.414 e. The number of anilines is 2. The molecule has 1 rings (SSSR count). The molecule has 0 fully saturated rings. The van der Waals surface area contributed by atoms with Gasteiger partial charge in [0.05, 0.1) is 12.5 Å². The molecule has 11 heteroatoms. The maximum atomic E-state index is 11.9. The highest BCUT2D eigenvalue weighted by atomic mass is 32.2. The van der Waals surface area contributed by atoms with Gasteiger partial charge < -0.3 is 14.8 Å². The predicted molar refractivity (Wildman–Crippen MR) is 102 cm³/mol. The van der Waals surface area contributed by atoms with Crippen LogP contribution in [0.25, 0.3) is 0 Å². The first-order chi connectivity index (χ1) is 12.5. The quantitative estimate of drug-likeness (QED) is 0.446. The molecule has 0 radical (unpaired) electrons. The van der Waals surface area contributed by atoms with Crippen LogP contribution in [0.3, 0.4) is 0 Å². The Morgan fingerprint density at radius 1 is 1.26 bits per heavy atom. The SMILES string of the molecule is CCCCNc1nc(NC(=O)OC(C)(C)C)ncc1OCCOS(C)(=O)=O. The van der Waals surface area contributed by atoms with Gasteiger partial charge in [0.2, 0.25) is 5.95 Å². The van der Waals surface area contributed by atoms with Gasteiger partial charge in [-0.25, -0.2) is 9.78 Å². The minimum absolute atomic E-state index is 0.00225. The Morgan fingerprint density at radius 2 is 1.96 bits per heavy atom. The highest BCUT2D eigenvalue weighted by Gasteiger charge is 2.18. The van der Waals surface area contributed by atoms with Crippen molar-refractivity contribution in [3.63, 3.8) is 0 Å². The Labute approximate surface area is 160 Å². The number of rotatable bonds is 10. The van der Waals surface area contributed by atoms with Crippen LogP contribution in [0.4, 0.5) is 16.6 Å². The van der Waals surface area contributed by atoms with Crippen molar-refractivity contribution in [1.29, 1.82) is 0 Å². The van der Waals surface area contributed by atoms with Crippen LogP contribution in [-0.2, 0) is 19.0 Å². The molecule has 1 heterocycles. The van der Waals surface area contributed by atoms with Gasteiger partial charge in [-0.2, -0.15) is 13.4 Å². The molecule has 0 aliphatic heterocycles. The molecule has 0 saturated heterocycles. The van der Waals surface area contributed by atoms with Gasteiger partial charge in [-0.15, -0.1) is 0 Å². The van der Waals surface area contributed by atoms with Crippen LogP contribution in [0.2, 0.25) is 0 Å². The molecule has 0 saturated carbocycles. The summed E-state index contributed by atoms with van der Waals surface area (Å²) in [5, 5.41) is 5.57. The third kappa shape index (κ3) is 10.6. The zero-order chi connectivity index (χ0) is 20.5. The van der Waals surface area contributed by atoms with Gasteiger partial charge in [0.1, 0.15) is 18.8 Å². The van der Waals surface area contributed by atoms with Crippen LogP contribution in [-0.4, -0.2) is 56.1 Å². The summed E-state index contributed by atoms with van der Waals surface area (Å²) in [6.45, 7) is 7.82. The second kappa shape index (κ2) is 10.3. The van der Waals surface area contributed by atoms with Gasteiger partial charge in [0.15, 0.2) is 11.6 Å². The van der Waals surface area contributed by atoms with E-state index in [0.29, 0.717) is 18.1 Å². The van der Waals surface area contributed by atoms with E-state index in [1.54, 1.807) is 20.8 Å². The van der Waals surface area contributed by atoms with E-state index >= 15 is 0 Å². The number of nitrogens with one attached hydrogen (secondary N) is 2. The van der Waals surface area contributed by atoms with Gasteiger partial charge >= 0.3 is 6.09 Å². The van der Waals surface area contributed by atoms with Gasteiger partial charge in [-0.05, 0) is 27.2 Å². The second-order valence-corrected chi connectivity index (χ2v) is 8.33. The molecule has 27 heavy (non-hydrogen) atoms. The molecule has 10 nitrogen and oxygen atoms in total. The lowest BCUT2D eigenvalue weighted by atomic mass is 10.2. The Bertz CT molecular complexity index is 718. The highest BCUT2D eigenvalue weighted by Crippen LogP contribution is 2.23. The smallest absolute Gasteiger partial charge is 0.414 e. The lowest BCUT2D eigenvalue weighted by Crippen LogP contribution is -2.28. The Hall–Kier alpha value is -2.14. The van der Waals surface area contributed by atoms with E-state index in [1.807, 2.05) is 0 Å². The van der Waals surface area contributed by atoms with Gasteiger partial charge in [-0.1, -0.05) is 13.3 Å². The number of amides is 1. The summed E-state index contributed by atoms with van der Waals surface area (Å²) < 4.78 is 37.2. The molecule has 0 aromatic carbocycles. The van der Waals surface area contributed by atoms with Crippen molar-refractivity contribution >= 4 is 28.0 Å². The normalized spacial score (nSPS) is 11.7. The van der Waals surface area contributed by atoms with E-state index in [-0.39, 0.29) is 19.2 Å². The lowest BCUT2D eigenvalue weighted by molar-refractivity contribution is 0.0634. The Kier molecular flexibility index (Phi) is 8.70. The van der Waals surface area contributed by atoms with Crippen LogP contribution >= 0.6 is 0 Å². The first kappa shape index (κ1) is 22.9. The van der Waals surface area contributed by atoms with E-state index in [9.17, 15) is 13.2 Å². The van der Waals surface area contributed by atoms with Crippen molar-refractivity contribution in [2.75, 3.05) is 36.6 Å². The molecule has 0 aliphatic carbocycles.